The standard InChI is InChI=1S/C18H14ClNO3S/c1-23-15-5-3-2-4-13(15)10-16-17(21)20(18(22)24-16)11-12-6-8-14(19)9-7-12/h2-10H,11H2,1H3/b16-10-. The van der Waals surface area contributed by atoms with Crippen LogP contribution in [0.4, 0.5) is 4.79 Å². The largest absolute Gasteiger partial charge is 0.496 e. The molecule has 3 rings (SSSR count). The van der Waals surface area contributed by atoms with E-state index in [2.05, 4.69) is 0 Å². The second-order valence-corrected chi connectivity index (χ2v) is 6.57. The number of nitrogens with zero attached hydrogens (tertiary/aromatic N) is 1. The molecule has 122 valence electrons. The van der Waals surface area contributed by atoms with Gasteiger partial charge in [-0.25, -0.2) is 0 Å². The summed E-state index contributed by atoms with van der Waals surface area (Å²) in [5.41, 5.74) is 1.61. The lowest BCUT2D eigenvalue weighted by atomic mass is 10.1. The Bertz CT molecular complexity index is 817. The number of halogens is 1. The van der Waals surface area contributed by atoms with Crippen molar-refractivity contribution >= 4 is 40.6 Å². The second kappa shape index (κ2) is 7.11. The molecule has 2 aromatic rings. The van der Waals surface area contributed by atoms with Crippen molar-refractivity contribution in [3.8, 4) is 5.75 Å². The molecule has 0 spiro atoms. The zero-order chi connectivity index (χ0) is 17.1. The Balaban J connectivity index is 1.83. The van der Waals surface area contributed by atoms with Gasteiger partial charge in [0.05, 0.1) is 18.6 Å². The number of benzene rings is 2. The topological polar surface area (TPSA) is 46.6 Å². The van der Waals surface area contributed by atoms with Crippen LogP contribution in [0, 0.1) is 0 Å². The van der Waals surface area contributed by atoms with E-state index in [0.717, 1.165) is 22.9 Å². The molecule has 1 fully saturated rings. The highest BCUT2D eigenvalue weighted by atomic mass is 35.5. The quantitative estimate of drug-likeness (QED) is 0.749. The molecular formula is C18H14ClNO3S. The lowest BCUT2D eigenvalue weighted by molar-refractivity contribution is -0.123. The number of carbonyl (C=O) groups excluding carboxylic acids is 2. The van der Waals surface area contributed by atoms with Crippen molar-refractivity contribution in [2.24, 2.45) is 0 Å². The van der Waals surface area contributed by atoms with Crippen LogP contribution in [-0.2, 0) is 11.3 Å². The van der Waals surface area contributed by atoms with Gasteiger partial charge in [0.15, 0.2) is 0 Å². The molecule has 2 aromatic carbocycles. The van der Waals surface area contributed by atoms with Gasteiger partial charge in [-0.15, -0.1) is 0 Å². The van der Waals surface area contributed by atoms with Crippen molar-refractivity contribution < 1.29 is 14.3 Å². The third-order valence-corrected chi connectivity index (χ3v) is 4.71. The van der Waals surface area contributed by atoms with Crippen LogP contribution in [0.3, 0.4) is 0 Å². The highest BCUT2D eigenvalue weighted by Crippen LogP contribution is 2.34. The minimum atomic E-state index is -0.300. The van der Waals surface area contributed by atoms with Crippen molar-refractivity contribution in [1.82, 2.24) is 4.90 Å². The highest BCUT2D eigenvalue weighted by Gasteiger charge is 2.35. The highest BCUT2D eigenvalue weighted by molar-refractivity contribution is 8.18. The second-order valence-electron chi connectivity index (χ2n) is 5.14. The minimum absolute atomic E-state index is 0.227. The maximum Gasteiger partial charge on any atom is 0.293 e. The monoisotopic (exact) mass is 359 g/mol. The van der Waals surface area contributed by atoms with Gasteiger partial charge in [0, 0.05) is 10.6 Å². The van der Waals surface area contributed by atoms with Gasteiger partial charge in [0.1, 0.15) is 5.75 Å². The predicted octanol–water partition coefficient (Wildman–Crippen LogP) is 4.59. The first-order valence-electron chi connectivity index (χ1n) is 7.21. The molecule has 0 bridgehead atoms. The number of hydrogen-bond donors (Lipinski definition) is 0. The maximum absolute atomic E-state index is 12.5. The van der Waals surface area contributed by atoms with E-state index in [1.165, 1.54) is 4.90 Å². The molecule has 0 atom stereocenters. The van der Waals surface area contributed by atoms with Gasteiger partial charge in [-0.2, -0.15) is 0 Å². The van der Waals surface area contributed by atoms with Crippen molar-refractivity contribution in [2.75, 3.05) is 7.11 Å². The summed E-state index contributed by atoms with van der Waals surface area (Å²) >= 11 is 6.79. The van der Waals surface area contributed by atoms with Crippen molar-refractivity contribution in [2.45, 2.75) is 6.54 Å². The van der Waals surface area contributed by atoms with Gasteiger partial charge in [0.2, 0.25) is 0 Å². The van der Waals surface area contributed by atoms with E-state index in [-0.39, 0.29) is 17.7 Å². The molecule has 6 heteroatoms. The number of ether oxygens (including phenoxy) is 1. The summed E-state index contributed by atoms with van der Waals surface area (Å²) in [5.74, 6) is 0.354. The van der Waals surface area contributed by atoms with Crippen molar-refractivity contribution in [3.63, 3.8) is 0 Å². The molecule has 24 heavy (non-hydrogen) atoms. The molecule has 0 aromatic heterocycles. The Labute approximate surface area is 149 Å². The normalized spacial score (nSPS) is 16.1. The van der Waals surface area contributed by atoms with Gasteiger partial charge in [0.25, 0.3) is 11.1 Å². The van der Waals surface area contributed by atoms with Crippen molar-refractivity contribution in [3.05, 3.63) is 69.6 Å². The Morgan fingerprint density at radius 1 is 1.12 bits per heavy atom. The first-order valence-corrected chi connectivity index (χ1v) is 8.41. The molecule has 1 heterocycles. The Hall–Kier alpha value is -2.24. The van der Waals surface area contributed by atoms with E-state index in [1.807, 2.05) is 24.3 Å². The summed E-state index contributed by atoms with van der Waals surface area (Å²) < 4.78 is 5.28. The van der Waals surface area contributed by atoms with Gasteiger partial charge in [-0.05, 0) is 41.6 Å². The summed E-state index contributed by atoms with van der Waals surface area (Å²) in [5, 5.41) is 0.333. The zero-order valence-corrected chi connectivity index (χ0v) is 14.4. The molecule has 1 aliphatic heterocycles. The van der Waals surface area contributed by atoms with Crippen LogP contribution < -0.4 is 4.74 Å². The van der Waals surface area contributed by atoms with E-state index in [4.69, 9.17) is 16.3 Å². The fourth-order valence-corrected chi connectivity index (χ4v) is 3.29. The average Bonchev–Trinajstić information content (AvgIpc) is 2.85. The molecule has 0 aliphatic carbocycles. The van der Waals surface area contributed by atoms with Gasteiger partial charge < -0.3 is 4.74 Å². The molecular weight excluding hydrogens is 346 g/mol. The lowest BCUT2D eigenvalue weighted by Gasteiger charge is -2.12. The number of imide groups is 1. The van der Waals surface area contributed by atoms with Crippen LogP contribution in [0.25, 0.3) is 6.08 Å². The number of carbonyl (C=O) groups is 2. The van der Waals surface area contributed by atoms with E-state index in [0.29, 0.717) is 15.7 Å². The summed E-state index contributed by atoms with van der Waals surface area (Å²) in [4.78, 5) is 26.3. The number of methoxy groups -OCH3 is 1. The van der Waals surface area contributed by atoms with Gasteiger partial charge in [-0.1, -0.05) is 41.9 Å². The van der Waals surface area contributed by atoms with Crippen LogP contribution in [0.5, 0.6) is 5.75 Å². The summed E-state index contributed by atoms with van der Waals surface area (Å²) in [6.45, 7) is 0.227. The fourth-order valence-electron chi connectivity index (χ4n) is 2.34. The van der Waals surface area contributed by atoms with Crippen LogP contribution in [-0.4, -0.2) is 23.2 Å². The van der Waals surface area contributed by atoms with E-state index in [9.17, 15) is 9.59 Å². The summed E-state index contributed by atoms with van der Waals surface area (Å²) in [7, 11) is 1.57. The number of rotatable bonds is 4. The smallest absolute Gasteiger partial charge is 0.293 e. The van der Waals surface area contributed by atoms with Crippen LogP contribution in [0.2, 0.25) is 5.02 Å². The maximum atomic E-state index is 12.5. The number of amides is 2. The number of hydrogen-bond acceptors (Lipinski definition) is 4. The third kappa shape index (κ3) is 3.47. The van der Waals surface area contributed by atoms with E-state index in [1.54, 1.807) is 37.5 Å². The molecule has 0 saturated carbocycles. The van der Waals surface area contributed by atoms with Crippen LogP contribution in [0.1, 0.15) is 11.1 Å². The number of para-hydroxylation sites is 1. The van der Waals surface area contributed by atoms with Crippen LogP contribution in [0.15, 0.2) is 53.4 Å². The minimum Gasteiger partial charge on any atom is -0.496 e. The Morgan fingerprint density at radius 3 is 2.54 bits per heavy atom. The van der Waals surface area contributed by atoms with Crippen LogP contribution >= 0.6 is 23.4 Å². The third-order valence-electron chi connectivity index (χ3n) is 3.55. The first kappa shape index (κ1) is 16.6. The molecule has 0 unspecified atom stereocenters. The van der Waals surface area contributed by atoms with E-state index < -0.39 is 0 Å². The SMILES string of the molecule is COc1ccccc1/C=C1\SC(=O)N(Cc2ccc(Cl)cc2)C1=O. The lowest BCUT2D eigenvalue weighted by Crippen LogP contribution is -2.27. The summed E-state index contributed by atoms with van der Waals surface area (Å²) in [6, 6.07) is 14.4. The Morgan fingerprint density at radius 2 is 1.83 bits per heavy atom. The number of thioether (sulfide) groups is 1. The fraction of sp³-hybridized carbons (Fsp3) is 0.111. The molecule has 2 amide bonds. The van der Waals surface area contributed by atoms with Gasteiger partial charge in [-0.3, -0.25) is 14.5 Å². The molecule has 4 nitrogen and oxygen atoms in total. The van der Waals surface area contributed by atoms with Gasteiger partial charge >= 0.3 is 0 Å². The molecule has 1 aliphatic rings. The molecule has 1 saturated heterocycles. The van der Waals surface area contributed by atoms with E-state index >= 15 is 0 Å². The predicted molar refractivity (Wildman–Crippen MR) is 96.0 cm³/mol. The van der Waals surface area contributed by atoms with Crippen molar-refractivity contribution in [1.29, 1.82) is 0 Å². The molecule has 0 radical (unpaired) electrons. The average molecular weight is 360 g/mol. The summed E-state index contributed by atoms with van der Waals surface area (Å²) in [6.07, 6.45) is 1.69. The Kier molecular flexibility index (Phi) is 4.92. The molecule has 0 N–H and O–H groups in total. The zero-order valence-electron chi connectivity index (χ0n) is 12.9. The first-order chi connectivity index (χ1) is 11.6.